The molecule has 1 unspecified atom stereocenters. The van der Waals surface area contributed by atoms with E-state index in [1.54, 1.807) is 18.2 Å². The Morgan fingerprint density at radius 2 is 2.00 bits per heavy atom. The van der Waals surface area contributed by atoms with Gasteiger partial charge in [0.1, 0.15) is 0 Å². The second kappa shape index (κ2) is 4.91. The zero-order valence-electron chi connectivity index (χ0n) is 9.26. The molecular weight excluding hydrogens is 208 g/mol. The van der Waals surface area contributed by atoms with E-state index < -0.39 is 5.92 Å². The molecule has 1 aliphatic rings. The molecule has 0 aromatic heterocycles. The van der Waals surface area contributed by atoms with E-state index in [0.717, 1.165) is 25.9 Å². The van der Waals surface area contributed by atoms with Gasteiger partial charge in [0.15, 0.2) is 0 Å². The second-order valence-corrected chi connectivity index (χ2v) is 4.49. The number of rotatable bonds is 3. The van der Waals surface area contributed by atoms with Gasteiger partial charge in [0.2, 0.25) is 0 Å². The summed E-state index contributed by atoms with van der Waals surface area (Å²) in [5, 5.41) is 3.18. The molecule has 0 saturated carbocycles. The van der Waals surface area contributed by atoms with Crippen LogP contribution >= 0.6 is 0 Å². The Kier molecular flexibility index (Phi) is 3.54. The molecule has 1 saturated heterocycles. The largest absolute Gasteiger partial charge is 0.316 e. The molecule has 1 fully saturated rings. The summed E-state index contributed by atoms with van der Waals surface area (Å²) in [6.45, 7) is 1.69. The zero-order valence-corrected chi connectivity index (χ0v) is 9.26. The van der Waals surface area contributed by atoms with Gasteiger partial charge >= 0.3 is 0 Å². The zero-order chi connectivity index (χ0) is 11.4. The van der Waals surface area contributed by atoms with E-state index in [1.807, 2.05) is 0 Å². The van der Waals surface area contributed by atoms with Crippen molar-refractivity contribution in [2.24, 2.45) is 5.92 Å². The van der Waals surface area contributed by atoms with Crippen LogP contribution in [-0.2, 0) is 5.92 Å². The van der Waals surface area contributed by atoms with Gasteiger partial charge in [-0.3, -0.25) is 0 Å². The fraction of sp³-hybridized carbons (Fsp3) is 0.538. The summed E-state index contributed by atoms with van der Waals surface area (Å²) in [7, 11) is 0. The third-order valence-corrected chi connectivity index (χ3v) is 3.14. The van der Waals surface area contributed by atoms with Crippen molar-refractivity contribution >= 4 is 0 Å². The Balaban J connectivity index is 2.01. The van der Waals surface area contributed by atoms with Crippen molar-refractivity contribution in [3.8, 4) is 0 Å². The second-order valence-electron chi connectivity index (χ2n) is 4.49. The number of hydrogen-bond acceptors (Lipinski definition) is 1. The fourth-order valence-electron chi connectivity index (χ4n) is 2.26. The summed E-state index contributed by atoms with van der Waals surface area (Å²) in [6.07, 6.45) is 1.88. The average molecular weight is 225 g/mol. The van der Waals surface area contributed by atoms with Crippen LogP contribution in [0, 0.1) is 5.92 Å². The quantitative estimate of drug-likeness (QED) is 0.833. The SMILES string of the molecule is FC(F)(CC1CCCNC1)c1ccccc1. The van der Waals surface area contributed by atoms with E-state index in [-0.39, 0.29) is 17.9 Å². The van der Waals surface area contributed by atoms with Gasteiger partial charge in [-0.2, -0.15) is 0 Å². The molecule has 1 nitrogen and oxygen atoms in total. The average Bonchev–Trinajstić information content (AvgIpc) is 2.31. The molecule has 1 heterocycles. The maximum Gasteiger partial charge on any atom is 0.273 e. The normalized spacial score (nSPS) is 22.0. The highest BCUT2D eigenvalue weighted by Crippen LogP contribution is 2.36. The molecule has 0 aliphatic carbocycles. The summed E-state index contributed by atoms with van der Waals surface area (Å²) in [5.74, 6) is -2.59. The first-order valence-corrected chi connectivity index (χ1v) is 5.82. The number of hydrogen-bond donors (Lipinski definition) is 1. The van der Waals surface area contributed by atoms with E-state index >= 15 is 0 Å². The van der Waals surface area contributed by atoms with Crippen molar-refractivity contribution in [1.29, 1.82) is 0 Å². The molecule has 1 atom stereocenters. The van der Waals surface area contributed by atoms with Crippen LogP contribution in [-0.4, -0.2) is 13.1 Å². The number of halogens is 2. The fourth-order valence-corrected chi connectivity index (χ4v) is 2.26. The van der Waals surface area contributed by atoms with Crippen molar-refractivity contribution in [3.05, 3.63) is 35.9 Å². The minimum absolute atomic E-state index is 0.0377. The Labute approximate surface area is 94.9 Å². The molecule has 0 amide bonds. The molecule has 88 valence electrons. The molecule has 0 spiro atoms. The molecule has 1 aliphatic heterocycles. The molecule has 1 aromatic rings. The van der Waals surface area contributed by atoms with Crippen molar-refractivity contribution < 1.29 is 8.78 Å². The van der Waals surface area contributed by atoms with Gasteiger partial charge in [-0.1, -0.05) is 30.3 Å². The van der Waals surface area contributed by atoms with E-state index in [2.05, 4.69) is 5.32 Å². The molecule has 1 aromatic carbocycles. The first-order valence-electron chi connectivity index (χ1n) is 5.82. The van der Waals surface area contributed by atoms with Gasteiger partial charge in [-0.05, 0) is 31.8 Å². The third-order valence-electron chi connectivity index (χ3n) is 3.14. The highest BCUT2D eigenvalue weighted by atomic mass is 19.3. The minimum Gasteiger partial charge on any atom is -0.316 e. The van der Waals surface area contributed by atoms with Crippen LogP contribution in [0.15, 0.2) is 30.3 Å². The highest BCUT2D eigenvalue weighted by Gasteiger charge is 2.34. The first-order chi connectivity index (χ1) is 7.68. The van der Waals surface area contributed by atoms with Crippen molar-refractivity contribution in [1.82, 2.24) is 5.32 Å². The summed E-state index contributed by atoms with van der Waals surface area (Å²) in [4.78, 5) is 0. The van der Waals surface area contributed by atoms with E-state index in [4.69, 9.17) is 0 Å². The van der Waals surface area contributed by atoms with Gasteiger partial charge in [0, 0.05) is 12.0 Å². The Bertz CT molecular complexity index is 318. The van der Waals surface area contributed by atoms with Crippen LogP contribution < -0.4 is 5.32 Å². The number of benzene rings is 1. The van der Waals surface area contributed by atoms with Crippen LogP contribution in [0.3, 0.4) is 0 Å². The van der Waals surface area contributed by atoms with Crippen LogP contribution in [0.4, 0.5) is 8.78 Å². The third kappa shape index (κ3) is 2.79. The van der Waals surface area contributed by atoms with E-state index in [9.17, 15) is 8.78 Å². The summed E-state index contributed by atoms with van der Waals surface area (Å²) >= 11 is 0. The molecule has 2 rings (SSSR count). The number of nitrogens with one attached hydrogen (secondary N) is 1. The van der Waals surface area contributed by atoms with E-state index in [1.165, 1.54) is 12.1 Å². The predicted molar refractivity (Wildman–Crippen MR) is 60.5 cm³/mol. The van der Waals surface area contributed by atoms with Gasteiger partial charge in [-0.15, -0.1) is 0 Å². The monoisotopic (exact) mass is 225 g/mol. The highest BCUT2D eigenvalue weighted by molar-refractivity contribution is 5.20. The lowest BCUT2D eigenvalue weighted by molar-refractivity contribution is -0.0317. The Hall–Kier alpha value is -0.960. The lowest BCUT2D eigenvalue weighted by Crippen LogP contribution is -2.33. The van der Waals surface area contributed by atoms with Gasteiger partial charge in [0.05, 0.1) is 0 Å². The van der Waals surface area contributed by atoms with Crippen molar-refractivity contribution in [3.63, 3.8) is 0 Å². The maximum absolute atomic E-state index is 13.9. The van der Waals surface area contributed by atoms with Crippen molar-refractivity contribution in [2.45, 2.75) is 25.2 Å². The van der Waals surface area contributed by atoms with Gasteiger partial charge in [0.25, 0.3) is 5.92 Å². The molecular formula is C13H17F2N. The molecule has 0 radical (unpaired) electrons. The van der Waals surface area contributed by atoms with Crippen LogP contribution in [0.2, 0.25) is 0 Å². The molecule has 16 heavy (non-hydrogen) atoms. The molecule has 1 N–H and O–H groups in total. The topological polar surface area (TPSA) is 12.0 Å². The molecule has 0 bridgehead atoms. The minimum atomic E-state index is -2.69. The number of alkyl halides is 2. The van der Waals surface area contributed by atoms with Crippen molar-refractivity contribution in [2.75, 3.05) is 13.1 Å². The smallest absolute Gasteiger partial charge is 0.273 e. The maximum atomic E-state index is 13.9. The lowest BCUT2D eigenvalue weighted by Gasteiger charge is -2.27. The predicted octanol–water partition coefficient (Wildman–Crippen LogP) is 3.17. The Morgan fingerprint density at radius 1 is 1.25 bits per heavy atom. The Morgan fingerprint density at radius 3 is 2.62 bits per heavy atom. The lowest BCUT2D eigenvalue weighted by atomic mass is 9.90. The van der Waals surface area contributed by atoms with Crippen LogP contribution in [0.5, 0.6) is 0 Å². The molecule has 3 heteroatoms. The van der Waals surface area contributed by atoms with Crippen LogP contribution in [0.1, 0.15) is 24.8 Å². The van der Waals surface area contributed by atoms with E-state index in [0.29, 0.717) is 0 Å². The summed E-state index contributed by atoms with van der Waals surface area (Å²) < 4.78 is 27.8. The first kappa shape index (κ1) is 11.5. The standard InChI is InChI=1S/C13H17F2N/c14-13(15,12-6-2-1-3-7-12)9-11-5-4-8-16-10-11/h1-3,6-7,11,16H,4-5,8-10H2. The van der Waals surface area contributed by atoms with Crippen LogP contribution in [0.25, 0.3) is 0 Å². The number of piperidine rings is 1. The van der Waals surface area contributed by atoms with Gasteiger partial charge in [-0.25, -0.2) is 8.78 Å². The van der Waals surface area contributed by atoms with Gasteiger partial charge < -0.3 is 5.32 Å². The summed E-state index contributed by atoms with van der Waals surface area (Å²) in [5.41, 5.74) is 0.139. The summed E-state index contributed by atoms with van der Waals surface area (Å²) in [6, 6.07) is 8.12.